The first-order chi connectivity index (χ1) is 8.28. The van der Waals surface area contributed by atoms with E-state index in [1.807, 2.05) is 0 Å². The summed E-state index contributed by atoms with van der Waals surface area (Å²) < 4.78 is 0. The summed E-state index contributed by atoms with van der Waals surface area (Å²) in [4.78, 5) is 5.84. The molecule has 1 aromatic carbocycles. The van der Waals surface area contributed by atoms with Gasteiger partial charge < -0.3 is 9.88 Å². The van der Waals surface area contributed by atoms with Crippen molar-refractivity contribution in [3.63, 3.8) is 0 Å². The number of nitrogens with zero attached hydrogens (tertiary/aromatic N) is 1. The van der Waals surface area contributed by atoms with Crippen LogP contribution < -0.4 is 0 Å². The fraction of sp³-hybridized carbons (Fsp3) is 0.467. The van der Waals surface area contributed by atoms with E-state index in [4.69, 9.17) is 0 Å². The SMILES string of the molecule is CCc1ccc2[nH]cc(C3CCN(C)C3)c2c1. The van der Waals surface area contributed by atoms with Crippen molar-refractivity contribution in [3.8, 4) is 0 Å². The number of hydrogen-bond acceptors (Lipinski definition) is 1. The maximum atomic E-state index is 3.41. The number of likely N-dealkylation sites (N-methyl/N-ethyl adjacent to an activating group) is 1. The van der Waals surface area contributed by atoms with Crippen LogP contribution in [0.1, 0.15) is 30.4 Å². The number of rotatable bonds is 2. The summed E-state index contributed by atoms with van der Waals surface area (Å²) in [5, 5.41) is 1.43. The third kappa shape index (κ3) is 1.87. The maximum Gasteiger partial charge on any atom is 0.0457 e. The first-order valence-corrected chi connectivity index (χ1v) is 6.56. The smallest absolute Gasteiger partial charge is 0.0457 e. The normalized spacial score (nSPS) is 21.4. The first kappa shape index (κ1) is 10.8. The highest BCUT2D eigenvalue weighted by Crippen LogP contribution is 2.32. The number of H-pyrrole nitrogens is 1. The summed E-state index contributed by atoms with van der Waals surface area (Å²) in [5.41, 5.74) is 4.23. The minimum atomic E-state index is 0.709. The van der Waals surface area contributed by atoms with Gasteiger partial charge in [-0.1, -0.05) is 13.0 Å². The minimum absolute atomic E-state index is 0.709. The summed E-state index contributed by atoms with van der Waals surface area (Å²) in [5.74, 6) is 0.709. The van der Waals surface area contributed by atoms with E-state index in [1.54, 1.807) is 0 Å². The molecule has 0 amide bonds. The standard InChI is InChI=1S/C15H20N2/c1-3-11-4-5-15-13(8-11)14(9-16-15)12-6-7-17(2)10-12/h4-5,8-9,12,16H,3,6-7,10H2,1-2H3. The largest absolute Gasteiger partial charge is 0.361 e. The molecule has 0 bridgehead atoms. The fourth-order valence-electron chi connectivity index (χ4n) is 2.94. The van der Waals surface area contributed by atoms with E-state index in [-0.39, 0.29) is 0 Å². The van der Waals surface area contributed by atoms with Gasteiger partial charge in [-0.15, -0.1) is 0 Å². The molecule has 2 heteroatoms. The summed E-state index contributed by atoms with van der Waals surface area (Å²) in [6.45, 7) is 4.64. The average molecular weight is 228 g/mol. The molecular formula is C15H20N2. The van der Waals surface area contributed by atoms with E-state index in [0.29, 0.717) is 5.92 Å². The third-order valence-corrected chi connectivity index (χ3v) is 4.02. The number of hydrogen-bond donors (Lipinski definition) is 1. The van der Waals surface area contributed by atoms with Gasteiger partial charge in [0.2, 0.25) is 0 Å². The Balaban J connectivity index is 2.04. The predicted octanol–water partition coefficient (Wildman–Crippen LogP) is 3.15. The zero-order valence-electron chi connectivity index (χ0n) is 10.7. The number of aromatic nitrogens is 1. The lowest BCUT2D eigenvalue weighted by atomic mass is 9.97. The number of aromatic amines is 1. The van der Waals surface area contributed by atoms with E-state index in [2.05, 4.69) is 48.3 Å². The van der Waals surface area contributed by atoms with Gasteiger partial charge in [-0.05, 0) is 55.6 Å². The van der Waals surface area contributed by atoms with Crippen molar-refractivity contribution in [2.45, 2.75) is 25.7 Å². The second-order valence-electron chi connectivity index (χ2n) is 5.23. The molecule has 2 aromatic rings. The molecule has 3 rings (SSSR count). The molecular weight excluding hydrogens is 208 g/mol. The van der Waals surface area contributed by atoms with E-state index in [1.165, 1.54) is 41.5 Å². The molecule has 1 aliphatic rings. The number of likely N-dealkylation sites (tertiary alicyclic amines) is 1. The number of fused-ring (bicyclic) bond motifs is 1. The van der Waals surface area contributed by atoms with Gasteiger partial charge in [-0.3, -0.25) is 0 Å². The van der Waals surface area contributed by atoms with E-state index in [9.17, 15) is 0 Å². The van der Waals surface area contributed by atoms with Crippen LogP contribution in [0.3, 0.4) is 0 Å². The maximum absolute atomic E-state index is 3.41. The van der Waals surface area contributed by atoms with Crippen molar-refractivity contribution in [2.75, 3.05) is 20.1 Å². The van der Waals surface area contributed by atoms with Crippen molar-refractivity contribution in [1.82, 2.24) is 9.88 Å². The molecule has 1 N–H and O–H groups in total. The molecule has 0 spiro atoms. The van der Waals surface area contributed by atoms with E-state index >= 15 is 0 Å². The van der Waals surface area contributed by atoms with Gasteiger partial charge in [0.25, 0.3) is 0 Å². The van der Waals surface area contributed by atoms with Crippen molar-refractivity contribution in [1.29, 1.82) is 0 Å². The van der Waals surface area contributed by atoms with Gasteiger partial charge in [0.1, 0.15) is 0 Å². The molecule has 1 saturated heterocycles. The molecule has 17 heavy (non-hydrogen) atoms. The number of aryl methyl sites for hydroxylation is 1. The number of benzene rings is 1. The fourth-order valence-corrected chi connectivity index (χ4v) is 2.94. The molecule has 1 unspecified atom stereocenters. The Hall–Kier alpha value is -1.28. The second-order valence-corrected chi connectivity index (χ2v) is 5.23. The molecule has 1 aromatic heterocycles. The Labute approximate surface area is 103 Å². The van der Waals surface area contributed by atoms with Crippen LogP contribution in [-0.4, -0.2) is 30.0 Å². The molecule has 1 atom stereocenters. The lowest BCUT2D eigenvalue weighted by Gasteiger charge is -2.09. The van der Waals surface area contributed by atoms with Crippen LogP contribution in [0.15, 0.2) is 24.4 Å². The van der Waals surface area contributed by atoms with E-state index in [0.717, 1.165) is 6.42 Å². The Bertz CT molecular complexity index is 527. The van der Waals surface area contributed by atoms with Gasteiger partial charge in [0.05, 0.1) is 0 Å². The summed E-state index contributed by atoms with van der Waals surface area (Å²) in [6, 6.07) is 6.80. The van der Waals surface area contributed by atoms with Crippen LogP contribution in [0.5, 0.6) is 0 Å². The van der Waals surface area contributed by atoms with E-state index < -0.39 is 0 Å². The Kier molecular flexibility index (Phi) is 2.67. The summed E-state index contributed by atoms with van der Waals surface area (Å²) in [7, 11) is 2.21. The van der Waals surface area contributed by atoms with Gasteiger partial charge in [-0.2, -0.15) is 0 Å². The lowest BCUT2D eigenvalue weighted by molar-refractivity contribution is 0.412. The highest BCUT2D eigenvalue weighted by atomic mass is 15.1. The van der Waals surface area contributed by atoms with Crippen LogP contribution in [-0.2, 0) is 6.42 Å². The van der Waals surface area contributed by atoms with Crippen LogP contribution in [0.25, 0.3) is 10.9 Å². The predicted molar refractivity (Wildman–Crippen MR) is 72.5 cm³/mol. The first-order valence-electron chi connectivity index (χ1n) is 6.56. The van der Waals surface area contributed by atoms with Crippen molar-refractivity contribution in [3.05, 3.63) is 35.5 Å². The van der Waals surface area contributed by atoms with Gasteiger partial charge in [-0.25, -0.2) is 0 Å². The van der Waals surface area contributed by atoms with Crippen LogP contribution in [0.4, 0.5) is 0 Å². The number of nitrogens with one attached hydrogen (secondary N) is 1. The van der Waals surface area contributed by atoms with Crippen LogP contribution in [0.2, 0.25) is 0 Å². The molecule has 0 saturated carbocycles. The van der Waals surface area contributed by atoms with Gasteiger partial charge >= 0.3 is 0 Å². The van der Waals surface area contributed by atoms with Gasteiger partial charge in [0.15, 0.2) is 0 Å². The summed E-state index contributed by atoms with van der Waals surface area (Å²) >= 11 is 0. The highest BCUT2D eigenvalue weighted by molar-refractivity contribution is 5.84. The minimum Gasteiger partial charge on any atom is -0.361 e. The highest BCUT2D eigenvalue weighted by Gasteiger charge is 2.23. The lowest BCUT2D eigenvalue weighted by Crippen LogP contribution is -2.13. The summed E-state index contributed by atoms with van der Waals surface area (Å²) in [6.07, 6.45) is 4.62. The zero-order valence-corrected chi connectivity index (χ0v) is 10.7. The Morgan fingerprint density at radius 3 is 3.00 bits per heavy atom. The zero-order chi connectivity index (χ0) is 11.8. The molecule has 0 radical (unpaired) electrons. The second kappa shape index (κ2) is 4.19. The van der Waals surface area contributed by atoms with Crippen molar-refractivity contribution < 1.29 is 0 Å². The monoisotopic (exact) mass is 228 g/mol. The molecule has 2 nitrogen and oxygen atoms in total. The van der Waals surface area contributed by atoms with Crippen molar-refractivity contribution >= 4 is 10.9 Å². The van der Waals surface area contributed by atoms with Crippen molar-refractivity contribution in [2.24, 2.45) is 0 Å². The Morgan fingerprint density at radius 2 is 2.29 bits per heavy atom. The molecule has 0 aliphatic carbocycles. The average Bonchev–Trinajstić information content (AvgIpc) is 2.93. The molecule has 90 valence electrons. The molecule has 1 fully saturated rings. The van der Waals surface area contributed by atoms with Gasteiger partial charge in [0, 0.05) is 23.6 Å². The topological polar surface area (TPSA) is 19.0 Å². The van der Waals surface area contributed by atoms with Crippen LogP contribution in [0, 0.1) is 0 Å². The third-order valence-electron chi connectivity index (χ3n) is 4.02. The molecule has 2 heterocycles. The molecule has 1 aliphatic heterocycles. The van der Waals surface area contributed by atoms with Crippen LogP contribution >= 0.6 is 0 Å². The Morgan fingerprint density at radius 1 is 1.41 bits per heavy atom. The quantitative estimate of drug-likeness (QED) is 0.836.